The zero-order valence-electron chi connectivity index (χ0n) is 9.18. The molecular formula is C13H9Cl2F2N. The Kier molecular flexibility index (Phi) is 4.04. The Morgan fingerprint density at radius 2 is 1.61 bits per heavy atom. The van der Waals surface area contributed by atoms with Crippen LogP contribution in [0.1, 0.15) is 5.56 Å². The van der Waals surface area contributed by atoms with Crippen LogP contribution in [0.15, 0.2) is 36.4 Å². The van der Waals surface area contributed by atoms with Crippen molar-refractivity contribution in [1.29, 1.82) is 0 Å². The van der Waals surface area contributed by atoms with E-state index in [0.29, 0.717) is 21.3 Å². The largest absolute Gasteiger partial charge is 0.381 e. The standard InChI is InChI=1S/C13H9Cl2F2N/c14-9-3-10(15)5-12(4-9)18-7-8-1-2-11(16)6-13(8)17/h1-6,18H,7H2. The van der Waals surface area contributed by atoms with Crippen molar-refractivity contribution in [2.75, 3.05) is 5.32 Å². The third-order valence-corrected chi connectivity index (χ3v) is 2.80. The van der Waals surface area contributed by atoms with Gasteiger partial charge in [0.25, 0.3) is 0 Å². The maximum atomic E-state index is 13.4. The minimum absolute atomic E-state index is 0.225. The average Bonchev–Trinajstić information content (AvgIpc) is 2.26. The number of nitrogens with one attached hydrogen (secondary N) is 1. The van der Waals surface area contributed by atoms with Gasteiger partial charge in [-0.1, -0.05) is 29.3 Å². The van der Waals surface area contributed by atoms with Crippen LogP contribution >= 0.6 is 23.2 Å². The van der Waals surface area contributed by atoms with Gasteiger partial charge in [0.2, 0.25) is 0 Å². The second-order valence-corrected chi connectivity index (χ2v) is 4.62. The molecule has 0 aromatic heterocycles. The molecule has 0 saturated heterocycles. The van der Waals surface area contributed by atoms with E-state index in [4.69, 9.17) is 23.2 Å². The lowest BCUT2D eigenvalue weighted by Crippen LogP contribution is -2.02. The highest BCUT2D eigenvalue weighted by atomic mass is 35.5. The minimum atomic E-state index is -0.595. The zero-order chi connectivity index (χ0) is 13.1. The first-order chi connectivity index (χ1) is 8.54. The van der Waals surface area contributed by atoms with E-state index in [1.54, 1.807) is 18.2 Å². The summed E-state index contributed by atoms with van der Waals surface area (Å²) in [6, 6.07) is 8.41. The van der Waals surface area contributed by atoms with E-state index in [-0.39, 0.29) is 6.54 Å². The number of rotatable bonds is 3. The van der Waals surface area contributed by atoms with Gasteiger partial charge in [0.1, 0.15) is 11.6 Å². The van der Waals surface area contributed by atoms with E-state index in [2.05, 4.69) is 5.32 Å². The molecule has 0 atom stereocenters. The van der Waals surface area contributed by atoms with Crippen LogP contribution in [0.25, 0.3) is 0 Å². The molecule has 2 rings (SSSR count). The number of hydrogen-bond acceptors (Lipinski definition) is 1. The van der Waals surface area contributed by atoms with Crippen LogP contribution in [0, 0.1) is 11.6 Å². The molecule has 0 amide bonds. The summed E-state index contributed by atoms with van der Waals surface area (Å²) in [6.07, 6.45) is 0. The summed E-state index contributed by atoms with van der Waals surface area (Å²) in [4.78, 5) is 0. The molecule has 0 spiro atoms. The molecule has 5 heteroatoms. The lowest BCUT2D eigenvalue weighted by atomic mass is 10.2. The molecule has 0 saturated carbocycles. The predicted molar refractivity (Wildman–Crippen MR) is 70.1 cm³/mol. The molecule has 2 aromatic carbocycles. The first-order valence-corrected chi connectivity index (χ1v) is 5.94. The summed E-state index contributed by atoms with van der Waals surface area (Å²) >= 11 is 11.7. The molecule has 0 aliphatic rings. The lowest BCUT2D eigenvalue weighted by molar-refractivity contribution is 0.574. The maximum Gasteiger partial charge on any atom is 0.131 e. The van der Waals surface area contributed by atoms with Crippen LogP contribution < -0.4 is 5.32 Å². The monoisotopic (exact) mass is 287 g/mol. The molecule has 18 heavy (non-hydrogen) atoms. The fraction of sp³-hybridized carbons (Fsp3) is 0.0769. The number of anilines is 1. The Labute approximate surface area is 113 Å². The van der Waals surface area contributed by atoms with E-state index in [0.717, 1.165) is 6.07 Å². The third kappa shape index (κ3) is 3.34. The summed E-state index contributed by atoms with van der Waals surface area (Å²) in [5.41, 5.74) is 1.05. The van der Waals surface area contributed by atoms with Crippen molar-refractivity contribution >= 4 is 28.9 Å². The van der Waals surface area contributed by atoms with Gasteiger partial charge >= 0.3 is 0 Å². The summed E-state index contributed by atoms with van der Waals surface area (Å²) in [5.74, 6) is -1.18. The summed E-state index contributed by atoms with van der Waals surface area (Å²) in [5, 5.41) is 3.95. The van der Waals surface area contributed by atoms with Crippen molar-refractivity contribution in [2.24, 2.45) is 0 Å². The summed E-state index contributed by atoms with van der Waals surface area (Å²) in [6.45, 7) is 0.225. The van der Waals surface area contributed by atoms with Gasteiger partial charge in [0.05, 0.1) is 0 Å². The van der Waals surface area contributed by atoms with Crippen LogP contribution in [0.5, 0.6) is 0 Å². The van der Waals surface area contributed by atoms with Crippen molar-refractivity contribution in [2.45, 2.75) is 6.54 Å². The molecule has 0 fully saturated rings. The Bertz CT molecular complexity index is 553. The van der Waals surface area contributed by atoms with Crippen molar-refractivity contribution in [1.82, 2.24) is 0 Å². The summed E-state index contributed by atoms with van der Waals surface area (Å²) < 4.78 is 26.1. The molecule has 1 N–H and O–H groups in total. The van der Waals surface area contributed by atoms with E-state index < -0.39 is 11.6 Å². The molecule has 2 aromatic rings. The molecule has 0 aliphatic heterocycles. The van der Waals surface area contributed by atoms with E-state index in [9.17, 15) is 8.78 Å². The van der Waals surface area contributed by atoms with Gasteiger partial charge in [-0.15, -0.1) is 0 Å². The van der Waals surface area contributed by atoms with Crippen LogP contribution in [0.3, 0.4) is 0 Å². The van der Waals surface area contributed by atoms with Crippen molar-refractivity contribution in [3.05, 3.63) is 63.6 Å². The van der Waals surface area contributed by atoms with Crippen LogP contribution in [0.4, 0.5) is 14.5 Å². The third-order valence-electron chi connectivity index (χ3n) is 2.36. The molecule has 94 valence electrons. The minimum Gasteiger partial charge on any atom is -0.381 e. The van der Waals surface area contributed by atoms with E-state index in [1.165, 1.54) is 12.1 Å². The first-order valence-electron chi connectivity index (χ1n) is 5.18. The number of hydrogen-bond donors (Lipinski definition) is 1. The quantitative estimate of drug-likeness (QED) is 0.848. The van der Waals surface area contributed by atoms with Crippen LogP contribution in [0.2, 0.25) is 10.0 Å². The average molecular weight is 288 g/mol. The second kappa shape index (κ2) is 5.55. The van der Waals surface area contributed by atoms with Crippen molar-refractivity contribution in [3.8, 4) is 0 Å². The van der Waals surface area contributed by atoms with Crippen molar-refractivity contribution in [3.63, 3.8) is 0 Å². The highest BCUT2D eigenvalue weighted by Crippen LogP contribution is 2.23. The highest BCUT2D eigenvalue weighted by molar-refractivity contribution is 6.35. The Morgan fingerprint density at radius 3 is 2.22 bits per heavy atom. The van der Waals surface area contributed by atoms with Crippen LogP contribution in [-0.4, -0.2) is 0 Å². The SMILES string of the molecule is Fc1ccc(CNc2cc(Cl)cc(Cl)c2)c(F)c1. The van der Waals surface area contributed by atoms with E-state index >= 15 is 0 Å². The van der Waals surface area contributed by atoms with Gasteiger partial charge in [-0.25, -0.2) is 8.78 Å². The van der Waals surface area contributed by atoms with Gasteiger partial charge in [0.15, 0.2) is 0 Å². The van der Waals surface area contributed by atoms with Gasteiger partial charge in [0, 0.05) is 33.9 Å². The Morgan fingerprint density at radius 1 is 0.944 bits per heavy atom. The molecule has 0 bridgehead atoms. The normalized spacial score (nSPS) is 10.4. The second-order valence-electron chi connectivity index (χ2n) is 3.75. The fourth-order valence-electron chi connectivity index (χ4n) is 1.52. The summed E-state index contributed by atoms with van der Waals surface area (Å²) in [7, 11) is 0. The van der Waals surface area contributed by atoms with Gasteiger partial charge in [-0.05, 0) is 24.3 Å². The molecular weight excluding hydrogens is 279 g/mol. The van der Waals surface area contributed by atoms with Gasteiger partial charge in [-0.3, -0.25) is 0 Å². The van der Waals surface area contributed by atoms with E-state index in [1.807, 2.05) is 0 Å². The Hall–Kier alpha value is -1.32. The molecule has 0 radical (unpaired) electrons. The van der Waals surface area contributed by atoms with Crippen LogP contribution in [-0.2, 0) is 6.54 Å². The maximum absolute atomic E-state index is 13.4. The van der Waals surface area contributed by atoms with Gasteiger partial charge in [-0.2, -0.15) is 0 Å². The zero-order valence-corrected chi connectivity index (χ0v) is 10.7. The smallest absolute Gasteiger partial charge is 0.131 e. The predicted octanol–water partition coefficient (Wildman–Crippen LogP) is 4.88. The molecule has 0 heterocycles. The highest BCUT2D eigenvalue weighted by Gasteiger charge is 2.04. The lowest BCUT2D eigenvalue weighted by Gasteiger charge is -2.08. The van der Waals surface area contributed by atoms with Crippen molar-refractivity contribution < 1.29 is 8.78 Å². The fourth-order valence-corrected chi connectivity index (χ4v) is 2.04. The van der Waals surface area contributed by atoms with Gasteiger partial charge < -0.3 is 5.32 Å². The number of benzene rings is 2. The topological polar surface area (TPSA) is 12.0 Å². The molecule has 1 nitrogen and oxygen atoms in total. The first kappa shape index (κ1) is 13.1. The molecule has 0 aliphatic carbocycles. The molecule has 0 unspecified atom stereocenters. The Balaban J connectivity index is 2.11. The number of halogens is 4.